The first-order valence-corrected chi connectivity index (χ1v) is 5.65. The van der Waals surface area contributed by atoms with Crippen molar-refractivity contribution in [2.75, 3.05) is 6.61 Å². The maximum absolute atomic E-state index is 10.6. The van der Waals surface area contributed by atoms with E-state index >= 15 is 0 Å². The fourth-order valence-electron chi connectivity index (χ4n) is 1.80. The largest absolute Gasteiger partial charge is 0.462 e. The van der Waals surface area contributed by atoms with Crippen LogP contribution >= 0.6 is 0 Å². The summed E-state index contributed by atoms with van der Waals surface area (Å²) in [5.74, 6) is -0.212. The smallest absolute Gasteiger partial charge is 0.302 e. The van der Waals surface area contributed by atoms with Gasteiger partial charge in [0.25, 0.3) is 0 Å². The molecule has 0 aliphatic heterocycles. The van der Waals surface area contributed by atoms with Crippen molar-refractivity contribution >= 4 is 5.97 Å². The van der Waals surface area contributed by atoms with E-state index in [2.05, 4.69) is 13.0 Å². The molecule has 0 amide bonds. The van der Waals surface area contributed by atoms with Crippen LogP contribution in [0.2, 0.25) is 0 Å². The number of ether oxygens (including phenoxy) is 1. The number of hydrogen-bond donors (Lipinski definition) is 0. The summed E-state index contributed by atoms with van der Waals surface area (Å²) < 4.78 is 4.87. The van der Waals surface area contributed by atoms with E-state index in [0.29, 0.717) is 6.61 Å². The molecular formula is C13H20O2. The minimum absolute atomic E-state index is 0.212. The highest BCUT2D eigenvalue weighted by Crippen LogP contribution is 2.22. The lowest BCUT2D eigenvalue weighted by Gasteiger charge is -2.12. The average Bonchev–Trinajstić information content (AvgIpc) is 2.18. The molecule has 1 rings (SSSR count). The van der Waals surface area contributed by atoms with E-state index in [4.69, 9.17) is 4.74 Å². The summed E-state index contributed by atoms with van der Waals surface area (Å²) in [6, 6.07) is 0. The van der Waals surface area contributed by atoms with E-state index in [1.54, 1.807) is 0 Å². The number of allylic oxidation sites excluding steroid dienone is 3. The molecule has 2 heteroatoms. The van der Waals surface area contributed by atoms with Crippen molar-refractivity contribution in [1.29, 1.82) is 0 Å². The van der Waals surface area contributed by atoms with Crippen LogP contribution in [0.3, 0.4) is 0 Å². The lowest BCUT2D eigenvalue weighted by atomic mass is 9.94. The first-order chi connectivity index (χ1) is 7.18. The van der Waals surface area contributed by atoms with E-state index in [1.165, 1.54) is 43.8 Å². The number of rotatable bonds is 4. The molecular weight excluding hydrogens is 188 g/mol. The first kappa shape index (κ1) is 12.0. The minimum Gasteiger partial charge on any atom is -0.462 e. The zero-order valence-electron chi connectivity index (χ0n) is 9.71. The zero-order chi connectivity index (χ0) is 11.1. The Bertz CT molecular complexity index is 274. The summed E-state index contributed by atoms with van der Waals surface area (Å²) in [5.41, 5.74) is 2.84. The molecule has 0 heterocycles. The summed E-state index contributed by atoms with van der Waals surface area (Å²) in [4.78, 5) is 10.6. The number of esters is 1. The Kier molecular flexibility index (Phi) is 5.16. The SMILES string of the molecule is CC(=O)OCC=C(C)CC1=CCCCC1. The summed E-state index contributed by atoms with van der Waals surface area (Å²) in [7, 11) is 0. The van der Waals surface area contributed by atoms with Crippen LogP contribution in [0.1, 0.15) is 46.0 Å². The molecule has 0 aromatic carbocycles. The van der Waals surface area contributed by atoms with Crippen LogP contribution in [-0.4, -0.2) is 12.6 Å². The van der Waals surface area contributed by atoms with E-state index in [0.717, 1.165) is 6.42 Å². The first-order valence-electron chi connectivity index (χ1n) is 5.65. The fraction of sp³-hybridized carbons (Fsp3) is 0.615. The van der Waals surface area contributed by atoms with Crippen LogP contribution in [0, 0.1) is 0 Å². The van der Waals surface area contributed by atoms with Crippen molar-refractivity contribution in [3.05, 3.63) is 23.3 Å². The molecule has 0 aromatic rings. The van der Waals surface area contributed by atoms with Gasteiger partial charge in [0.1, 0.15) is 6.61 Å². The van der Waals surface area contributed by atoms with Gasteiger partial charge in [0.15, 0.2) is 0 Å². The Hall–Kier alpha value is -1.05. The van der Waals surface area contributed by atoms with Gasteiger partial charge in [0, 0.05) is 6.92 Å². The molecule has 1 aliphatic carbocycles. The molecule has 0 fully saturated rings. The van der Waals surface area contributed by atoms with Crippen molar-refractivity contribution in [1.82, 2.24) is 0 Å². The van der Waals surface area contributed by atoms with Crippen LogP contribution in [0.5, 0.6) is 0 Å². The Morgan fingerprint density at radius 3 is 2.87 bits per heavy atom. The van der Waals surface area contributed by atoms with E-state index in [9.17, 15) is 4.79 Å². The van der Waals surface area contributed by atoms with E-state index in [1.807, 2.05) is 6.08 Å². The van der Waals surface area contributed by atoms with Crippen molar-refractivity contribution < 1.29 is 9.53 Å². The molecule has 2 nitrogen and oxygen atoms in total. The van der Waals surface area contributed by atoms with Gasteiger partial charge in [-0.15, -0.1) is 0 Å². The second-order valence-electron chi connectivity index (χ2n) is 4.14. The Morgan fingerprint density at radius 1 is 1.47 bits per heavy atom. The summed E-state index contributed by atoms with van der Waals surface area (Å²) in [6.07, 6.45) is 10.5. The van der Waals surface area contributed by atoms with Gasteiger partial charge >= 0.3 is 5.97 Å². The third kappa shape index (κ3) is 5.40. The van der Waals surface area contributed by atoms with Crippen molar-refractivity contribution in [3.63, 3.8) is 0 Å². The molecule has 84 valence electrons. The van der Waals surface area contributed by atoms with Gasteiger partial charge in [-0.2, -0.15) is 0 Å². The van der Waals surface area contributed by atoms with Gasteiger partial charge in [0.05, 0.1) is 0 Å². The molecule has 0 saturated carbocycles. The average molecular weight is 208 g/mol. The van der Waals surface area contributed by atoms with Gasteiger partial charge in [0.2, 0.25) is 0 Å². The normalized spacial score (nSPS) is 17.2. The predicted octanol–water partition coefficient (Wildman–Crippen LogP) is 3.39. The maximum Gasteiger partial charge on any atom is 0.302 e. The highest BCUT2D eigenvalue weighted by Gasteiger charge is 2.03. The highest BCUT2D eigenvalue weighted by molar-refractivity contribution is 5.66. The molecule has 0 bridgehead atoms. The van der Waals surface area contributed by atoms with Crippen molar-refractivity contribution in [2.24, 2.45) is 0 Å². The van der Waals surface area contributed by atoms with Crippen LogP contribution in [0.4, 0.5) is 0 Å². The second-order valence-corrected chi connectivity index (χ2v) is 4.14. The Balaban J connectivity index is 2.30. The van der Waals surface area contributed by atoms with Gasteiger partial charge < -0.3 is 4.74 Å². The zero-order valence-corrected chi connectivity index (χ0v) is 9.71. The molecule has 1 aliphatic rings. The fourth-order valence-corrected chi connectivity index (χ4v) is 1.80. The lowest BCUT2D eigenvalue weighted by molar-refractivity contribution is -0.139. The molecule has 0 atom stereocenters. The highest BCUT2D eigenvalue weighted by atomic mass is 16.5. The van der Waals surface area contributed by atoms with Crippen molar-refractivity contribution in [2.45, 2.75) is 46.0 Å². The Morgan fingerprint density at radius 2 is 2.27 bits per heavy atom. The quantitative estimate of drug-likeness (QED) is 0.523. The molecule has 0 spiro atoms. The van der Waals surface area contributed by atoms with Gasteiger partial charge in [-0.1, -0.05) is 17.2 Å². The van der Waals surface area contributed by atoms with Gasteiger partial charge in [-0.05, 0) is 45.1 Å². The van der Waals surface area contributed by atoms with Crippen LogP contribution < -0.4 is 0 Å². The standard InChI is InChI=1S/C13H20O2/c1-11(8-9-15-12(2)14)10-13-6-4-3-5-7-13/h6,8H,3-5,7,9-10H2,1-2H3. The number of carbonyl (C=O) groups is 1. The molecule has 0 saturated heterocycles. The summed E-state index contributed by atoms with van der Waals surface area (Å²) >= 11 is 0. The monoisotopic (exact) mass is 208 g/mol. The van der Waals surface area contributed by atoms with E-state index in [-0.39, 0.29) is 5.97 Å². The Labute approximate surface area is 92.0 Å². The third-order valence-corrected chi connectivity index (χ3v) is 2.61. The topological polar surface area (TPSA) is 26.3 Å². The maximum atomic E-state index is 10.6. The predicted molar refractivity (Wildman–Crippen MR) is 61.6 cm³/mol. The molecule has 0 N–H and O–H groups in total. The minimum atomic E-state index is -0.212. The van der Waals surface area contributed by atoms with Gasteiger partial charge in [-0.25, -0.2) is 0 Å². The van der Waals surface area contributed by atoms with Crippen LogP contribution in [0.15, 0.2) is 23.3 Å². The number of hydrogen-bond acceptors (Lipinski definition) is 2. The van der Waals surface area contributed by atoms with Crippen molar-refractivity contribution in [3.8, 4) is 0 Å². The van der Waals surface area contributed by atoms with E-state index < -0.39 is 0 Å². The molecule has 0 unspecified atom stereocenters. The van der Waals surface area contributed by atoms with Crippen LogP contribution in [-0.2, 0) is 9.53 Å². The number of carbonyl (C=O) groups excluding carboxylic acids is 1. The summed E-state index contributed by atoms with van der Waals surface area (Å²) in [5, 5.41) is 0. The third-order valence-electron chi connectivity index (χ3n) is 2.61. The van der Waals surface area contributed by atoms with Gasteiger partial charge in [-0.3, -0.25) is 4.79 Å². The molecule has 0 radical (unpaired) electrons. The molecule has 0 aromatic heterocycles. The molecule has 15 heavy (non-hydrogen) atoms. The summed E-state index contributed by atoms with van der Waals surface area (Å²) in [6.45, 7) is 3.94. The second kappa shape index (κ2) is 6.44. The van der Waals surface area contributed by atoms with Crippen LogP contribution in [0.25, 0.3) is 0 Å². The lowest BCUT2D eigenvalue weighted by Crippen LogP contribution is -1.99.